The number of pyridine rings is 1. The van der Waals surface area contributed by atoms with Crippen molar-refractivity contribution in [3.05, 3.63) is 29.6 Å². The summed E-state index contributed by atoms with van der Waals surface area (Å²) in [5, 5.41) is 0. The van der Waals surface area contributed by atoms with E-state index in [1.165, 1.54) is 0 Å². The molecule has 0 aliphatic carbocycles. The highest BCUT2D eigenvalue weighted by Gasteiger charge is 2.20. The first kappa shape index (κ1) is 13.6. The second-order valence-corrected chi connectivity index (χ2v) is 4.63. The molecule has 0 bridgehead atoms. The van der Waals surface area contributed by atoms with Crippen LogP contribution in [-0.2, 0) is 0 Å². The van der Waals surface area contributed by atoms with Crippen LogP contribution in [0.25, 0.3) is 0 Å². The highest BCUT2D eigenvalue weighted by Crippen LogP contribution is 2.10. The molecule has 1 unspecified atom stereocenters. The lowest BCUT2D eigenvalue weighted by molar-refractivity contribution is 0.0741. The Morgan fingerprint density at radius 1 is 1.65 bits per heavy atom. The lowest BCUT2D eigenvalue weighted by atomic mass is 10.1. The average Bonchev–Trinajstić information content (AvgIpc) is 2.27. The molecule has 0 aliphatic heterocycles. The van der Waals surface area contributed by atoms with Gasteiger partial charge in [0.2, 0.25) is 0 Å². The van der Waals surface area contributed by atoms with Crippen molar-refractivity contribution in [2.45, 2.75) is 26.3 Å². The Bertz CT molecular complexity index is 434. The molecule has 17 heavy (non-hydrogen) atoms. The van der Waals surface area contributed by atoms with Gasteiger partial charge < -0.3 is 10.6 Å². The summed E-state index contributed by atoms with van der Waals surface area (Å²) in [4.78, 5) is 18.3. The van der Waals surface area contributed by atoms with Gasteiger partial charge in [-0.05, 0) is 25.5 Å². The van der Waals surface area contributed by atoms with Gasteiger partial charge in [-0.25, -0.2) is 0 Å². The highest BCUT2D eigenvalue weighted by atomic mass is 32.1. The van der Waals surface area contributed by atoms with Crippen LogP contribution in [0.1, 0.15) is 29.4 Å². The molecular weight excluding hydrogens is 234 g/mol. The van der Waals surface area contributed by atoms with Gasteiger partial charge in [0.25, 0.3) is 5.91 Å². The van der Waals surface area contributed by atoms with Gasteiger partial charge in [-0.3, -0.25) is 9.78 Å². The Morgan fingerprint density at radius 2 is 2.29 bits per heavy atom. The summed E-state index contributed by atoms with van der Waals surface area (Å²) >= 11 is 4.84. The molecule has 0 saturated carbocycles. The molecule has 1 aromatic heterocycles. The number of rotatable bonds is 4. The SMILES string of the molecule is Cc1cccnc1C(=O)N(C)C(C)CC(N)=S. The predicted molar refractivity (Wildman–Crippen MR) is 71.9 cm³/mol. The molecule has 0 fully saturated rings. The fraction of sp³-hybridized carbons (Fsp3) is 0.417. The molecule has 0 radical (unpaired) electrons. The number of aryl methyl sites for hydroxylation is 1. The van der Waals surface area contributed by atoms with Gasteiger partial charge in [0.1, 0.15) is 5.69 Å². The van der Waals surface area contributed by atoms with E-state index in [0.717, 1.165) is 5.56 Å². The number of carbonyl (C=O) groups excluding carboxylic acids is 1. The third kappa shape index (κ3) is 3.49. The monoisotopic (exact) mass is 251 g/mol. The van der Waals surface area contributed by atoms with Crippen molar-refractivity contribution >= 4 is 23.1 Å². The first-order valence-corrected chi connectivity index (χ1v) is 5.81. The number of nitrogens with two attached hydrogens (primary N) is 1. The number of amides is 1. The van der Waals surface area contributed by atoms with Crippen LogP contribution in [0.3, 0.4) is 0 Å². The third-order valence-corrected chi connectivity index (χ3v) is 2.86. The maximum Gasteiger partial charge on any atom is 0.272 e. The van der Waals surface area contributed by atoms with Gasteiger partial charge in [-0.1, -0.05) is 18.3 Å². The fourth-order valence-corrected chi connectivity index (χ4v) is 1.75. The van der Waals surface area contributed by atoms with Crippen molar-refractivity contribution in [3.63, 3.8) is 0 Å². The molecule has 1 amide bonds. The first-order valence-electron chi connectivity index (χ1n) is 5.40. The van der Waals surface area contributed by atoms with Crippen molar-refractivity contribution < 1.29 is 4.79 Å². The van der Waals surface area contributed by atoms with Gasteiger partial charge in [0, 0.05) is 25.7 Å². The standard InChI is InChI=1S/C12H17N3OS/c1-8-5-4-6-14-11(8)12(16)15(3)9(2)7-10(13)17/h4-6,9H,7H2,1-3H3,(H2,13,17). The molecule has 0 spiro atoms. The van der Waals surface area contributed by atoms with E-state index in [1.807, 2.05) is 26.0 Å². The van der Waals surface area contributed by atoms with Crippen LogP contribution in [0.15, 0.2) is 18.3 Å². The molecule has 92 valence electrons. The van der Waals surface area contributed by atoms with E-state index in [4.69, 9.17) is 18.0 Å². The van der Waals surface area contributed by atoms with Crippen molar-refractivity contribution in [3.8, 4) is 0 Å². The van der Waals surface area contributed by atoms with Crippen LogP contribution in [0.2, 0.25) is 0 Å². The van der Waals surface area contributed by atoms with E-state index in [1.54, 1.807) is 18.1 Å². The number of carbonyl (C=O) groups is 1. The normalized spacial score (nSPS) is 11.9. The largest absolute Gasteiger partial charge is 0.393 e. The summed E-state index contributed by atoms with van der Waals surface area (Å²) in [6.45, 7) is 3.78. The smallest absolute Gasteiger partial charge is 0.272 e. The molecule has 1 rings (SSSR count). The van der Waals surface area contributed by atoms with Crippen LogP contribution in [0.4, 0.5) is 0 Å². The van der Waals surface area contributed by atoms with Crippen molar-refractivity contribution in [1.29, 1.82) is 0 Å². The van der Waals surface area contributed by atoms with Crippen LogP contribution in [-0.4, -0.2) is 33.9 Å². The predicted octanol–water partition coefficient (Wildman–Crippen LogP) is 1.53. The second kappa shape index (κ2) is 5.72. The van der Waals surface area contributed by atoms with Gasteiger partial charge >= 0.3 is 0 Å². The summed E-state index contributed by atoms with van der Waals surface area (Å²) in [6, 6.07) is 3.65. The van der Waals surface area contributed by atoms with Crippen LogP contribution in [0.5, 0.6) is 0 Å². The zero-order chi connectivity index (χ0) is 13.0. The van der Waals surface area contributed by atoms with E-state index in [-0.39, 0.29) is 11.9 Å². The molecule has 0 aliphatic rings. The molecule has 1 atom stereocenters. The summed E-state index contributed by atoms with van der Waals surface area (Å²) in [6.07, 6.45) is 2.13. The molecule has 1 aromatic rings. The number of aromatic nitrogens is 1. The summed E-state index contributed by atoms with van der Waals surface area (Å²) < 4.78 is 0. The Labute approximate surface area is 107 Å². The van der Waals surface area contributed by atoms with E-state index in [0.29, 0.717) is 17.1 Å². The minimum absolute atomic E-state index is 0.0265. The minimum atomic E-state index is -0.105. The highest BCUT2D eigenvalue weighted by molar-refractivity contribution is 7.80. The van der Waals surface area contributed by atoms with Crippen LogP contribution in [0, 0.1) is 6.92 Å². The molecule has 0 saturated heterocycles. The van der Waals surface area contributed by atoms with Gasteiger partial charge in [0.05, 0.1) is 4.99 Å². The topological polar surface area (TPSA) is 59.2 Å². The molecule has 1 heterocycles. The fourth-order valence-electron chi connectivity index (χ4n) is 1.50. The molecular formula is C12H17N3OS. The Hall–Kier alpha value is -1.49. The van der Waals surface area contributed by atoms with Gasteiger partial charge in [0.15, 0.2) is 0 Å². The van der Waals surface area contributed by atoms with Crippen molar-refractivity contribution in [2.24, 2.45) is 5.73 Å². The molecule has 0 aromatic carbocycles. The molecule has 2 N–H and O–H groups in total. The van der Waals surface area contributed by atoms with Crippen molar-refractivity contribution in [2.75, 3.05) is 7.05 Å². The summed E-state index contributed by atoms with van der Waals surface area (Å²) in [5.41, 5.74) is 6.82. The third-order valence-electron chi connectivity index (χ3n) is 2.69. The lowest BCUT2D eigenvalue weighted by Gasteiger charge is -2.24. The van der Waals surface area contributed by atoms with Crippen LogP contribution >= 0.6 is 12.2 Å². The minimum Gasteiger partial charge on any atom is -0.393 e. The number of nitrogens with zero attached hydrogens (tertiary/aromatic N) is 2. The number of thiocarbonyl (C=S) groups is 1. The second-order valence-electron chi connectivity index (χ2n) is 4.10. The van der Waals surface area contributed by atoms with E-state index < -0.39 is 0 Å². The van der Waals surface area contributed by atoms with Gasteiger partial charge in [-0.2, -0.15) is 0 Å². The summed E-state index contributed by atoms with van der Waals surface area (Å²) in [5.74, 6) is -0.105. The number of hydrogen-bond donors (Lipinski definition) is 1. The molecule has 4 nitrogen and oxygen atoms in total. The Balaban J connectivity index is 2.83. The quantitative estimate of drug-likeness (QED) is 0.824. The lowest BCUT2D eigenvalue weighted by Crippen LogP contribution is -2.38. The van der Waals surface area contributed by atoms with Crippen LogP contribution < -0.4 is 5.73 Å². The molecule has 5 heteroatoms. The van der Waals surface area contributed by atoms with Crippen molar-refractivity contribution in [1.82, 2.24) is 9.88 Å². The summed E-state index contributed by atoms with van der Waals surface area (Å²) in [7, 11) is 1.74. The first-order chi connectivity index (χ1) is 7.93. The van der Waals surface area contributed by atoms with Gasteiger partial charge in [-0.15, -0.1) is 0 Å². The zero-order valence-electron chi connectivity index (χ0n) is 10.3. The number of hydrogen-bond acceptors (Lipinski definition) is 3. The average molecular weight is 251 g/mol. The maximum absolute atomic E-state index is 12.2. The van der Waals surface area contributed by atoms with E-state index >= 15 is 0 Å². The zero-order valence-corrected chi connectivity index (χ0v) is 11.1. The van der Waals surface area contributed by atoms with E-state index in [9.17, 15) is 4.79 Å². The Kier molecular flexibility index (Phi) is 4.57. The Morgan fingerprint density at radius 3 is 2.82 bits per heavy atom. The maximum atomic E-state index is 12.2. The van der Waals surface area contributed by atoms with E-state index in [2.05, 4.69) is 4.98 Å².